The Labute approximate surface area is 109 Å². The third kappa shape index (κ3) is 3.81. The van der Waals surface area contributed by atoms with Gasteiger partial charge >= 0.3 is 6.18 Å². The summed E-state index contributed by atoms with van der Waals surface area (Å²) < 4.78 is 37.1. The average molecular weight is 276 g/mol. The number of anilines is 1. The molecule has 5 heteroatoms. The molecular formula is C13H13ClF3N. The molecule has 0 atom stereocenters. The lowest BCUT2D eigenvalue weighted by Gasteiger charge is -2.21. The first-order chi connectivity index (χ1) is 8.21. The van der Waals surface area contributed by atoms with E-state index in [4.69, 9.17) is 11.6 Å². The van der Waals surface area contributed by atoms with Crippen LogP contribution in [0.4, 0.5) is 18.9 Å². The van der Waals surface area contributed by atoms with Crippen LogP contribution in [0.3, 0.4) is 0 Å². The minimum Gasteiger partial charge on any atom is -0.348 e. The Hall–Kier alpha value is -1.42. The average Bonchev–Trinajstić information content (AvgIpc) is 2.26. The molecule has 0 aliphatic heterocycles. The van der Waals surface area contributed by atoms with Gasteiger partial charge in [-0.2, -0.15) is 13.2 Å². The summed E-state index contributed by atoms with van der Waals surface area (Å²) in [4.78, 5) is 1.61. The van der Waals surface area contributed by atoms with Crippen molar-refractivity contribution >= 4 is 17.3 Å². The quantitative estimate of drug-likeness (QED) is 0.716. The molecule has 0 saturated heterocycles. The van der Waals surface area contributed by atoms with Crippen LogP contribution in [0.15, 0.2) is 48.2 Å². The lowest BCUT2D eigenvalue weighted by Crippen LogP contribution is -2.16. The van der Waals surface area contributed by atoms with Gasteiger partial charge in [0.1, 0.15) is 0 Å². The number of halogens is 4. The van der Waals surface area contributed by atoms with E-state index in [1.807, 2.05) is 0 Å². The third-order valence-corrected chi connectivity index (χ3v) is 2.71. The predicted molar refractivity (Wildman–Crippen MR) is 68.8 cm³/mol. The minimum absolute atomic E-state index is 0.430. The van der Waals surface area contributed by atoms with Gasteiger partial charge in [0.15, 0.2) is 0 Å². The Kier molecular flexibility index (Phi) is 4.46. The molecule has 1 aromatic carbocycles. The van der Waals surface area contributed by atoms with E-state index in [1.54, 1.807) is 43.1 Å². The van der Waals surface area contributed by atoms with Gasteiger partial charge in [-0.3, -0.25) is 0 Å². The first-order valence-corrected chi connectivity index (χ1v) is 5.53. The molecule has 1 nitrogen and oxygen atoms in total. The highest BCUT2D eigenvalue weighted by Crippen LogP contribution is 2.27. The SMILES string of the molecule is C=C(/C=C(/C)N(C)c1cccc(Cl)c1)C(F)(F)F. The van der Waals surface area contributed by atoms with Crippen LogP contribution in [-0.4, -0.2) is 13.2 Å². The van der Waals surface area contributed by atoms with Crippen molar-refractivity contribution in [3.63, 3.8) is 0 Å². The highest BCUT2D eigenvalue weighted by atomic mass is 35.5. The minimum atomic E-state index is -4.41. The van der Waals surface area contributed by atoms with Crippen molar-refractivity contribution in [2.75, 3.05) is 11.9 Å². The van der Waals surface area contributed by atoms with Crippen LogP contribution in [0.5, 0.6) is 0 Å². The van der Waals surface area contributed by atoms with E-state index in [0.717, 1.165) is 6.08 Å². The van der Waals surface area contributed by atoms with Gasteiger partial charge in [0, 0.05) is 23.5 Å². The van der Waals surface area contributed by atoms with E-state index < -0.39 is 11.7 Å². The summed E-state index contributed by atoms with van der Waals surface area (Å²) in [5, 5.41) is 0.529. The second kappa shape index (κ2) is 5.48. The molecule has 98 valence electrons. The molecule has 0 amide bonds. The summed E-state index contributed by atoms with van der Waals surface area (Å²) in [5.41, 5.74) is 0.264. The van der Waals surface area contributed by atoms with Crippen molar-refractivity contribution in [3.8, 4) is 0 Å². The van der Waals surface area contributed by atoms with Crippen LogP contribution in [0.1, 0.15) is 6.92 Å². The highest BCUT2D eigenvalue weighted by molar-refractivity contribution is 6.30. The number of hydrogen-bond donors (Lipinski definition) is 0. The first-order valence-electron chi connectivity index (χ1n) is 5.15. The van der Waals surface area contributed by atoms with Gasteiger partial charge in [-0.05, 0) is 31.2 Å². The summed E-state index contributed by atoms with van der Waals surface area (Å²) in [5.74, 6) is 0. The predicted octanol–water partition coefficient (Wildman–Crippen LogP) is 4.80. The molecule has 0 aliphatic carbocycles. The standard InChI is InChI=1S/C13H13ClF3N/c1-9(13(15,16)17)7-10(2)18(3)12-6-4-5-11(14)8-12/h4-8H,1H2,2-3H3/b10-7-. The van der Waals surface area contributed by atoms with Crippen molar-refractivity contribution in [3.05, 3.63) is 53.2 Å². The van der Waals surface area contributed by atoms with Gasteiger partial charge in [0.05, 0.1) is 5.57 Å². The number of rotatable bonds is 3. The first kappa shape index (κ1) is 14.6. The molecule has 0 radical (unpaired) electrons. The Morgan fingerprint density at radius 1 is 1.39 bits per heavy atom. The van der Waals surface area contributed by atoms with Gasteiger partial charge in [-0.1, -0.05) is 24.2 Å². The lowest BCUT2D eigenvalue weighted by molar-refractivity contribution is -0.0878. The molecule has 0 heterocycles. The molecule has 18 heavy (non-hydrogen) atoms. The van der Waals surface area contributed by atoms with Gasteiger partial charge in [-0.15, -0.1) is 0 Å². The summed E-state index contributed by atoms with van der Waals surface area (Å²) in [6, 6.07) is 6.88. The monoisotopic (exact) mass is 275 g/mol. The van der Waals surface area contributed by atoms with E-state index in [0.29, 0.717) is 16.4 Å². The lowest BCUT2D eigenvalue weighted by atomic mass is 10.2. The molecule has 0 fully saturated rings. The molecular weight excluding hydrogens is 263 g/mol. The van der Waals surface area contributed by atoms with E-state index in [2.05, 4.69) is 6.58 Å². The fourth-order valence-electron chi connectivity index (χ4n) is 1.32. The summed E-state index contributed by atoms with van der Waals surface area (Å²) in [6.45, 7) is 4.59. The molecule has 0 bridgehead atoms. The second-order valence-electron chi connectivity index (χ2n) is 3.85. The number of benzene rings is 1. The smallest absolute Gasteiger partial charge is 0.348 e. The van der Waals surface area contributed by atoms with Crippen molar-refractivity contribution in [2.45, 2.75) is 13.1 Å². The fourth-order valence-corrected chi connectivity index (χ4v) is 1.50. The maximum absolute atomic E-state index is 12.4. The number of hydrogen-bond acceptors (Lipinski definition) is 1. The van der Waals surface area contributed by atoms with E-state index in [9.17, 15) is 13.2 Å². The molecule has 0 saturated carbocycles. The Morgan fingerprint density at radius 3 is 2.50 bits per heavy atom. The van der Waals surface area contributed by atoms with Crippen molar-refractivity contribution in [1.82, 2.24) is 0 Å². The zero-order chi connectivity index (χ0) is 13.9. The van der Waals surface area contributed by atoms with Crippen LogP contribution >= 0.6 is 11.6 Å². The van der Waals surface area contributed by atoms with Gasteiger partial charge in [-0.25, -0.2) is 0 Å². The van der Waals surface area contributed by atoms with Crippen LogP contribution in [0, 0.1) is 0 Å². The van der Waals surface area contributed by atoms with Crippen molar-refractivity contribution in [2.24, 2.45) is 0 Å². The number of alkyl halides is 3. The van der Waals surface area contributed by atoms with Gasteiger partial charge in [0.2, 0.25) is 0 Å². The van der Waals surface area contributed by atoms with Crippen molar-refractivity contribution in [1.29, 1.82) is 0 Å². The van der Waals surface area contributed by atoms with Crippen LogP contribution in [0.25, 0.3) is 0 Å². The Bertz CT molecular complexity index is 477. The maximum atomic E-state index is 12.4. The number of allylic oxidation sites excluding steroid dienone is 3. The molecule has 0 aromatic heterocycles. The van der Waals surface area contributed by atoms with Crippen LogP contribution < -0.4 is 4.90 Å². The summed E-state index contributed by atoms with van der Waals surface area (Å²) in [7, 11) is 1.67. The molecule has 0 aliphatic rings. The second-order valence-corrected chi connectivity index (χ2v) is 4.28. The fraction of sp³-hybridized carbons (Fsp3) is 0.231. The third-order valence-electron chi connectivity index (χ3n) is 2.47. The summed E-state index contributed by atoms with van der Waals surface area (Å²) in [6.07, 6.45) is -3.41. The molecule has 0 spiro atoms. The molecule has 1 aromatic rings. The Balaban J connectivity index is 2.94. The van der Waals surface area contributed by atoms with E-state index >= 15 is 0 Å². The summed E-state index contributed by atoms with van der Waals surface area (Å²) >= 11 is 5.83. The van der Waals surface area contributed by atoms with Gasteiger partial charge < -0.3 is 4.90 Å². The Morgan fingerprint density at radius 2 is 2.00 bits per heavy atom. The molecule has 0 unspecified atom stereocenters. The number of nitrogens with zero attached hydrogens (tertiary/aromatic N) is 1. The van der Waals surface area contributed by atoms with E-state index in [-0.39, 0.29) is 0 Å². The van der Waals surface area contributed by atoms with Gasteiger partial charge in [0.25, 0.3) is 0 Å². The topological polar surface area (TPSA) is 3.24 Å². The van der Waals surface area contributed by atoms with Crippen LogP contribution in [0.2, 0.25) is 5.02 Å². The normalized spacial score (nSPS) is 12.4. The molecule has 0 N–H and O–H groups in total. The largest absolute Gasteiger partial charge is 0.415 e. The van der Waals surface area contributed by atoms with Crippen LogP contribution in [-0.2, 0) is 0 Å². The maximum Gasteiger partial charge on any atom is 0.415 e. The zero-order valence-electron chi connectivity index (χ0n) is 10.1. The van der Waals surface area contributed by atoms with Crippen molar-refractivity contribution < 1.29 is 13.2 Å². The zero-order valence-corrected chi connectivity index (χ0v) is 10.8. The molecule has 1 rings (SSSR count). The van der Waals surface area contributed by atoms with E-state index in [1.165, 1.54) is 0 Å². The highest BCUT2D eigenvalue weighted by Gasteiger charge is 2.30.